The standard InChI is InChI=1S/C14H21N3O4/c1-10(2)14(3,9-15)16-13(18)8-21-12-6-4-11(5-7-12)17(19)20/h4-7,10H,8-9,15H2,1-3H3,(H,16,18). The molecule has 1 unspecified atom stereocenters. The van der Waals surface area contributed by atoms with Crippen molar-refractivity contribution in [2.24, 2.45) is 11.7 Å². The van der Waals surface area contributed by atoms with Crippen LogP contribution in [0.5, 0.6) is 5.75 Å². The molecule has 0 aromatic heterocycles. The third-order valence-electron chi connectivity index (χ3n) is 3.54. The second-order valence-corrected chi connectivity index (χ2v) is 5.36. The van der Waals surface area contributed by atoms with Gasteiger partial charge in [-0.15, -0.1) is 0 Å². The van der Waals surface area contributed by atoms with Crippen LogP contribution in [0.1, 0.15) is 20.8 Å². The first-order chi connectivity index (χ1) is 9.78. The molecule has 0 spiro atoms. The van der Waals surface area contributed by atoms with Crippen LogP contribution in [0.15, 0.2) is 24.3 Å². The number of benzene rings is 1. The van der Waals surface area contributed by atoms with Gasteiger partial charge in [-0.25, -0.2) is 0 Å². The molecule has 1 amide bonds. The molecule has 0 aliphatic heterocycles. The number of nitro benzene ring substituents is 1. The van der Waals surface area contributed by atoms with Gasteiger partial charge in [0.1, 0.15) is 5.75 Å². The lowest BCUT2D eigenvalue weighted by Crippen LogP contribution is -2.56. The largest absolute Gasteiger partial charge is 0.484 e. The van der Waals surface area contributed by atoms with E-state index in [-0.39, 0.29) is 24.1 Å². The third kappa shape index (κ3) is 4.71. The summed E-state index contributed by atoms with van der Waals surface area (Å²) in [6, 6.07) is 5.56. The number of hydrogen-bond donors (Lipinski definition) is 2. The van der Waals surface area contributed by atoms with Crippen molar-refractivity contribution in [2.45, 2.75) is 26.3 Å². The zero-order valence-corrected chi connectivity index (χ0v) is 12.5. The van der Waals surface area contributed by atoms with Gasteiger partial charge in [0, 0.05) is 18.7 Å². The molecule has 21 heavy (non-hydrogen) atoms. The summed E-state index contributed by atoms with van der Waals surface area (Å²) in [4.78, 5) is 21.9. The summed E-state index contributed by atoms with van der Waals surface area (Å²) >= 11 is 0. The number of hydrogen-bond acceptors (Lipinski definition) is 5. The summed E-state index contributed by atoms with van der Waals surface area (Å²) in [7, 11) is 0. The number of ether oxygens (including phenoxy) is 1. The molecular formula is C14H21N3O4. The fourth-order valence-electron chi connectivity index (χ4n) is 1.60. The van der Waals surface area contributed by atoms with E-state index in [0.717, 1.165) is 0 Å². The highest BCUT2D eigenvalue weighted by Gasteiger charge is 2.28. The van der Waals surface area contributed by atoms with E-state index in [9.17, 15) is 14.9 Å². The topological polar surface area (TPSA) is 107 Å². The maximum absolute atomic E-state index is 11.9. The summed E-state index contributed by atoms with van der Waals surface area (Å²) < 4.78 is 5.30. The highest BCUT2D eigenvalue weighted by Crippen LogP contribution is 2.18. The second kappa shape index (κ2) is 7.03. The van der Waals surface area contributed by atoms with Crippen molar-refractivity contribution in [3.8, 4) is 5.75 Å². The Kier molecular flexibility index (Phi) is 5.66. The van der Waals surface area contributed by atoms with Crippen molar-refractivity contribution in [2.75, 3.05) is 13.2 Å². The van der Waals surface area contributed by atoms with E-state index in [4.69, 9.17) is 10.5 Å². The number of non-ortho nitro benzene ring substituents is 1. The van der Waals surface area contributed by atoms with Crippen LogP contribution < -0.4 is 15.8 Å². The van der Waals surface area contributed by atoms with Crippen LogP contribution in [0.3, 0.4) is 0 Å². The van der Waals surface area contributed by atoms with Gasteiger partial charge in [-0.3, -0.25) is 14.9 Å². The average molecular weight is 295 g/mol. The molecule has 0 saturated carbocycles. The van der Waals surface area contributed by atoms with E-state index >= 15 is 0 Å². The van der Waals surface area contributed by atoms with Gasteiger partial charge in [-0.2, -0.15) is 0 Å². The molecule has 7 heteroatoms. The molecule has 0 aliphatic carbocycles. The summed E-state index contributed by atoms with van der Waals surface area (Å²) in [5.41, 5.74) is 5.17. The fraction of sp³-hybridized carbons (Fsp3) is 0.500. The number of carbonyl (C=O) groups is 1. The number of amides is 1. The molecule has 3 N–H and O–H groups in total. The third-order valence-corrected chi connectivity index (χ3v) is 3.54. The predicted octanol–water partition coefficient (Wildman–Crippen LogP) is 1.46. The minimum absolute atomic E-state index is 0.0256. The lowest BCUT2D eigenvalue weighted by Gasteiger charge is -2.33. The molecule has 1 rings (SSSR count). The van der Waals surface area contributed by atoms with Gasteiger partial charge in [-0.05, 0) is 25.0 Å². The molecule has 0 fully saturated rings. The van der Waals surface area contributed by atoms with Crippen molar-refractivity contribution in [3.63, 3.8) is 0 Å². The number of nitrogens with one attached hydrogen (secondary N) is 1. The van der Waals surface area contributed by atoms with E-state index in [2.05, 4.69) is 5.32 Å². The van der Waals surface area contributed by atoms with Gasteiger partial charge in [-0.1, -0.05) is 13.8 Å². The lowest BCUT2D eigenvalue weighted by molar-refractivity contribution is -0.384. The molecule has 0 bridgehead atoms. The van der Waals surface area contributed by atoms with E-state index in [1.54, 1.807) is 0 Å². The molecular weight excluding hydrogens is 274 g/mol. The van der Waals surface area contributed by atoms with Gasteiger partial charge in [0.25, 0.3) is 11.6 Å². The van der Waals surface area contributed by atoms with Crippen molar-refractivity contribution >= 4 is 11.6 Å². The smallest absolute Gasteiger partial charge is 0.269 e. The zero-order valence-electron chi connectivity index (χ0n) is 12.5. The maximum Gasteiger partial charge on any atom is 0.269 e. The Balaban J connectivity index is 2.55. The molecule has 7 nitrogen and oxygen atoms in total. The number of nitrogens with zero attached hydrogens (tertiary/aromatic N) is 1. The minimum Gasteiger partial charge on any atom is -0.484 e. The summed E-state index contributed by atoms with van der Waals surface area (Å²) in [6.07, 6.45) is 0. The quantitative estimate of drug-likeness (QED) is 0.585. The first-order valence-corrected chi connectivity index (χ1v) is 6.67. The second-order valence-electron chi connectivity index (χ2n) is 5.36. The average Bonchev–Trinajstić information content (AvgIpc) is 2.45. The Morgan fingerprint density at radius 1 is 1.43 bits per heavy atom. The molecule has 0 saturated heterocycles. The normalized spacial score (nSPS) is 13.6. The highest BCUT2D eigenvalue weighted by molar-refractivity contribution is 5.78. The minimum atomic E-state index is -0.494. The molecule has 1 aromatic carbocycles. The van der Waals surface area contributed by atoms with Crippen LogP contribution in [-0.4, -0.2) is 29.5 Å². The first-order valence-electron chi connectivity index (χ1n) is 6.67. The summed E-state index contributed by atoms with van der Waals surface area (Å²) in [5, 5.41) is 13.4. The van der Waals surface area contributed by atoms with E-state index in [0.29, 0.717) is 12.3 Å². The Morgan fingerprint density at radius 2 is 2.00 bits per heavy atom. The summed E-state index contributed by atoms with van der Waals surface area (Å²) in [6.45, 7) is 5.99. The van der Waals surface area contributed by atoms with Crippen LogP contribution in [-0.2, 0) is 4.79 Å². The zero-order chi connectivity index (χ0) is 16.0. The molecule has 0 radical (unpaired) electrons. The Bertz CT molecular complexity index is 501. The van der Waals surface area contributed by atoms with Gasteiger partial charge in [0.05, 0.1) is 10.5 Å². The van der Waals surface area contributed by atoms with Crippen molar-refractivity contribution in [3.05, 3.63) is 34.4 Å². The monoisotopic (exact) mass is 295 g/mol. The lowest BCUT2D eigenvalue weighted by atomic mass is 9.88. The van der Waals surface area contributed by atoms with Crippen LogP contribution in [0.4, 0.5) is 5.69 Å². The fourth-order valence-corrected chi connectivity index (χ4v) is 1.60. The van der Waals surface area contributed by atoms with Gasteiger partial charge < -0.3 is 15.8 Å². The molecule has 1 aromatic rings. The molecule has 116 valence electrons. The van der Waals surface area contributed by atoms with Gasteiger partial charge >= 0.3 is 0 Å². The predicted molar refractivity (Wildman–Crippen MR) is 79.0 cm³/mol. The maximum atomic E-state index is 11.9. The van der Waals surface area contributed by atoms with Crippen LogP contribution in [0.2, 0.25) is 0 Å². The molecule has 0 heterocycles. The van der Waals surface area contributed by atoms with Crippen molar-refractivity contribution in [1.29, 1.82) is 0 Å². The van der Waals surface area contributed by atoms with E-state index in [1.807, 2.05) is 20.8 Å². The first kappa shape index (κ1) is 16.9. The van der Waals surface area contributed by atoms with Crippen LogP contribution in [0.25, 0.3) is 0 Å². The van der Waals surface area contributed by atoms with E-state index < -0.39 is 10.5 Å². The van der Waals surface area contributed by atoms with Gasteiger partial charge in [0.2, 0.25) is 0 Å². The molecule has 0 aliphatic rings. The molecule has 1 atom stereocenters. The number of nitro groups is 1. The SMILES string of the molecule is CC(C)C(C)(CN)NC(=O)COc1ccc([N+](=O)[O-])cc1. The summed E-state index contributed by atoms with van der Waals surface area (Å²) in [5.74, 6) is 0.301. The highest BCUT2D eigenvalue weighted by atomic mass is 16.6. The van der Waals surface area contributed by atoms with Crippen LogP contribution in [0, 0.1) is 16.0 Å². The number of nitrogens with two attached hydrogens (primary N) is 1. The van der Waals surface area contributed by atoms with E-state index in [1.165, 1.54) is 24.3 Å². The van der Waals surface area contributed by atoms with Crippen LogP contribution >= 0.6 is 0 Å². The van der Waals surface area contributed by atoms with Crippen molar-refractivity contribution < 1.29 is 14.5 Å². The Morgan fingerprint density at radius 3 is 2.43 bits per heavy atom. The van der Waals surface area contributed by atoms with Crippen molar-refractivity contribution in [1.82, 2.24) is 5.32 Å². The number of carbonyl (C=O) groups excluding carboxylic acids is 1. The number of rotatable bonds is 7. The van der Waals surface area contributed by atoms with Gasteiger partial charge in [0.15, 0.2) is 6.61 Å². The Hall–Kier alpha value is -2.15. The Labute approximate surface area is 123 Å².